The number of aromatic hydroxyl groups is 1. The fourth-order valence-corrected chi connectivity index (χ4v) is 5.01. The zero-order chi connectivity index (χ0) is 25.7. The van der Waals surface area contributed by atoms with Gasteiger partial charge in [0.2, 0.25) is 0 Å². The number of nitrogens with zero attached hydrogens (tertiary/aromatic N) is 3. The molecule has 1 atom stereocenters. The van der Waals surface area contributed by atoms with Crippen LogP contribution in [-0.2, 0) is 21.2 Å². The predicted molar refractivity (Wildman–Crippen MR) is 130 cm³/mol. The molecule has 0 bridgehead atoms. The molecule has 0 aliphatic carbocycles. The largest absolute Gasteiger partial charge is 0.507 e. The highest BCUT2D eigenvalue weighted by atomic mass is 32.2. The van der Waals surface area contributed by atoms with Gasteiger partial charge in [-0.1, -0.05) is 6.07 Å². The minimum absolute atomic E-state index is 0.00554. The van der Waals surface area contributed by atoms with Crippen molar-refractivity contribution in [3.05, 3.63) is 71.4 Å². The maximum atomic E-state index is 12.6. The van der Waals surface area contributed by atoms with E-state index in [0.717, 1.165) is 19.4 Å². The lowest BCUT2D eigenvalue weighted by atomic mass is 9.92. The molecule has 36 heavy (non-hydrogen) atoms. The maximum Gasteiger partial charge on any atom is 0.339 e. The summed E-state index contributed by atoms with van der Waals surface area (Å²) in [6, 6.07) is 11.5. The van der Waals surface area contributed by atoms with E-state index in [9.17, 15) is 28.2 Å². The van der Waals surface area contributed by atoms with Crippen molar-refractivity contribution < 1.29 is 28.2 Å². The molecule has 11 nitrogen and oxygen atoms in total. The highest BCUT2D eigenvalue weighted by molar-refractivity contribution is 7.92. The molecular weight excluding hydrogens is 486 g/mol. The molecule has 1 aliphatic rings. The van der Waals surface area contributed by atoms with Gasteiger partial charge in [0.25, 0.3) is 10.0 Å². The first-order chi connectivity index (χ1) is 17.3. The van der Waals surface area contributed by atoms with E-state index in [1.54, 1.807) is 12.1 Å². The molecular formula is C24H23N5O6S. The lowest BCUT2D eigenvalue weighted by molar-refractivity contribution is -0.107. The van der Waals surface area contributed by atoms with Gasteiger partial charge in [0.1, 0.15) is 23.4 Å². The summed E-state index contributed by atoms with van der Waals surface area (Å²) in [5.74, 6) is -1.65. The highest BCUT2D eigenvalue weighted by Gasteiger charge is 2.28. The molecule has 1 saturated heterocycles. The summed E-state index contributed by atoms with van der Waals surface area (Å²) >= 11 is 0. The number of azo groups is 1. The minimum atomic E-state index is -3.87. The van der Waals surface area contributed by atoms with E-state index in [4.69, 9.17) is 0 Å². The Labute approximate surface area is 207 Å². The molecule has 3 aromatic rings. The number of carbonyl (C=O) groups excluding carboxylic acids is 1. The molecule has 1 aromatic heterocycles. The molecule has 1 aliphatic heterocycles. The lowest BCUT2D eigenvalue weighted by Gasteiger charge is -2.19. The smallest absolute Gasteiger partial charge is 0.339 e. The second kappa shape index (κ2) is 10.6. The summed E-state index contributed by atoms with van der Waals surface area (Å²) in [6.45, 7) is 0.728. The van der Waals surface area contributed by atoms with Crippen molar-refractivity contribution in [2.24, 2.45) is 10.2 Å². The zero-order valence-electron chi connectivity index (χ0n) is 19.0. The average Bonchev–Trinajstić information content (AvgIpc) is 3.39. The number of anilines is 1. The van der Waals surface area contributed by atoms with Crippen molar-refractivity contribution in [1.82, 2.24) is 10.3 Å². The predicted octanol–water partition coefficient (Wildman–Crippen LogP) is 3.87. The van der Waals surface area contributed by atoms with Gasteiger partial charge in [0.15, 0.2) is 0 Å². The first kappa shape index (κ1) is 24.9. The number of nitrogens with one attached hydrogen (secondary N) is 2. The normalized spacial score (nSPS) is 15.7. The van der Waals surface area contributed by atoms with Crippen LogP contribution in [0, 0.1) is 0 Å². The van der Waals surface area contributed by atoms with Gasteiger partial charge in [-0.05, 0) is 61.9 Å². The van der Waals surface area contributed by atoms with Crippen LogP contribution in [0.4, 0.5) is 17.2 Å². The zero-order valence-corrected chi connectivity index (χ0v) is 19.8. The Balaban J connectivity index is 1.67. The van der Waals surface area contributed by atoms with Crippen molar-refractivity contribution in [3.63, 3.8) is 0 Å². The number of hydrogen-bond donors (Lipinski definition) is 4. The van der Waals surface area contributed by atoms with E-state index in [0.29, 0.717) is 17.5 Å². The number of carboxylic acids is 1. The molecule has 4 N–H and O–H groups in total. The van der Waals surface area contributed by atoms with Crippen LogP contribution >= 0.6 is 0 Å². The van der Waals surface area contributed by atoms with Crippen LogP contribution in [0.3, 0.4) is 0 Å². The van der Waals surface area contributed by atoms with Crippen LogP contribution < -0.4 is 10.0 Å². The van der Waals surface area contributed by atoms with E-state index in [2.05, 4.69) is 25.3 Å². The van der Waals surface area contributed by atoms with Crippen LogP contribution in [0.2, 0.25) is 0 Å². The molecule has 2 aromatic carbocycles. The van der Waals surface area contributed by atoms with Gasteiger partial charge in [-0.25, -0.2) is 18.2 Å². The van der Waals surface area contributed by atoms with Crippen molar-refractivity contribution in [3.8, 4) is 5.75 Å². The van der Waals surface area contributed by atoms with E-state index in [1.165, 1.54) is 42.6 Å². The molecule has 186 valence electrons. The van der Waals surface area contributed by atoms with Crippen molar-refractivity contribution in [1.29, 1.82) is 0 Å². The Bertz CT molecular complexity index is 1400. The van der Waals surface area contributed by atoms with E-state index < -0.39 is 21.7 Å². The number of sulfonamides is 1. The third kappa shape index (κ3) is 5.39. The average molecular weight is 510 g/mol. The lowest BCUT2D eigenvalue weighted by Crippen LogP contribution is -2.16. The topological polar surface area (TPSA) is 170 Å². The number of phenols is 1. The van der Waals surface area contributed by atoms with Crippen molar-refractivity contribution in [2.45, 2.75) is 30.2 Å². The number of hydrogen-bond acceptors (Lipinski definition) is 9. The molecule has 12 heteroatoms. The quantitative estimate of drug-likeness (QED) is 0.249. The van der Waals surface area contributed by atoms with Crippen LogP contribution in [0.25, 0.3) is 0 Å². The van der Waals surface area contributed by atoms with E-state index in [-0.39, 0.29) is 40.0 Å². The molecule has 0 spiro atoms. The number of benzene rings is 2. The first-order valence-corrected chi connectivity index (χ1v) is 12.5. The maximum absolute atomic E-state index is 12.6. The number of aldehydes is 1. The van der Waals surface area contributed by atoms with Gasteiger partial charge >= 0.3 is 5.97 Å². The van der Waals surface area contributed by atoms with Crippen molar-refractivity contribution >= 4 is 39.5 Å². The number of aromatic carboxylic acids is 1. The number of carboxylic acid groups (broad SMARTS) is 1. The Morgan fingerprint density at radius 3 is 2.58 bits per heavy atom. The number of aromatic nitrogens is 1. The van der Waals surface area contributed by atoms with Crippen LogP contribution in [0.1, 0.15) is 40.4 Å². The summed E-state index contributed by atoms with van der Waals surface area (Å²) in [5, 5.41) is 31.7. The minimum Gasteiger partial charge on any atom is -0.507 e. The molecule has 1 fully saturated rings. The Hall–Kier alpha value is -4.16. The fraction of sp³-hybridized carbons (Fsp3) is 0.208. The first-order valence-electron chi connectivity index (χ1n) is 11.0. The Morgan fingerprint density at radius 1 is 1.19 bits per heavy atom. The van der Waals surface area contributed by atoms with Gasteiger partial charge in [0.05, 0.1) is 16.3 Å². The number of pyridine rings is 1. The van der Waals surface area contributed by atoms with Gasteiger partial charge < -0.3 is 20.3 Å². The molecule has 0 radical (unpaired) electrons. The number of carbonyl (C=O) groups is 2. The van der Waals surface area contributed by atoms with Crippen LogP contribution in [0.5, 0.6) is 5.75 Å². The second-order valence-corrected chi connectivity index (χ2v) is 9.71. The van der Waals surface area contributed by atoms with Crippen LogP contribution in [-0.4, -0.2) is 42.4 Å². The molecule has 4 rings (SSSR count). The van der Waals surface area contributed by atoms with Gasteiger partial charge in [-0.15, -0.1) is 0 Å². The third-order valence-corrected chi connectivity index (χ3v) is 7.04. The van der Waals surface area contributed by atoms with E-state index in [1.807, 2.05) is 0 Å². The molecule has 0 saturated carbocycles. The standard InChI is InChI=1S/C24H23N5O6S/c30-13-10-17-22(19-4-3-12-25-19)20(14-18(23(17)31)24(32)33)28-27-15-6-8-16(9-7-15)36(34,35)29-21-5-1-2-11-26-21/h1-2,5-9,11,13-14,19,25,31H,3-4,10,12H2,(H,26,29)(H,32,33). The van der Waals surface area contributed by atoms with Gasteiger partial charge in [-0.2, -0.15) is 10.2 Å². The highest BCUT2D eigenvalue weighted by Crippen LogP contribution is 2.41. The van der Waals surface area contributed by atoms with Gasteiger partial charge in [-0.3, -0.25) is 4.72 Å². The summed E-state index contributed by atoms with van der Waals surface area (Å²) < 4.78 is 27.6. The fourth-order valence-electron chi connectivity index (χ4n) is 4.01. The molecule has 1 unspecified atom stereocenters. The van der Waals surface area contributed by atoms with Crippen LogP contribution in [0.15, 0.2) is 69.9 Å². The Morgan fingerprint density at radius 2 is 1.97 bits per heavy atom. The molecule has 2 heterocycles. The number of rotatable bonds is 9. The summed E-state index contributed by atoms with van der Waals surface area (Å²) in [4.78, 5) is 26.9. The second-order valence-electron chi connectivity index (χ2n) is 8.02. The summed E-state index contributed by atoms with van der Waals surface area (Å²) in [6.07, 6.45) is 3.47. The SMILES string of the molecule is O=CCc1c(O)c(C(=O)O)cc(N=Nc2ccc(S(=O)(=O)Nc3ccccn3)cc2)c1C1CCCN1. The monoisotopic (exact) mass is 509 g/mol. The Kier molecular flexibility index (Phi) is 7.36. The van der Waals surface area contributed by atoms with Crippen molar-refractivity contribution in [2.75, 3.05) is 11.3 Å². The van der Waals surface area contributed by atoms with Gasteiger partial charge in [0, 0.05) is 29.8 Å². The third-order valence-electron chi connectivity index (χ3n) is 5.67. The summed E-state index contributed by atoms with van der Waals surface area (Å²) in [7, 11) is -3.87. The summed E-state index contributed by atoms with van der Waals surface area (Å²) in [5.41, 5.74) is 0.850. The van der Waals surface area contributed by atoms with E-state index >= 15 is 0 Å². The molecule has 0 amide bonds.